The van der Waals surface area contributed by atoms with E-state index in [0.29, 0.717) is 23.6 Å². The van der Waals surface area contributed by atoms with Crippen molar-refractivity contribution in [3.63, 3.8) is 0 Å². The molecule has 4 heterocycles. The van der Waals surface area contributed by atoms with E-state index in [1.165, 1.54) is 38.0 Å². The molecule has 15 heteroatoms. The van der Waals surface area contributed by atoms with Crippen LogP contribution in [0.2, 0.25) is 5.02 Å². The molecule has 0 aliphatic carbocycles. The zero-order chi connectivity index (χ0) is 37.2. The molecular weight excluding hydrogens is 690 g/mol. The number of esters is 1. The number of benzene rings is 1. The van der Waals surface area contributed by atoms with Gasteiger partial charge >= 0.3 is 12.1 Å². The molecule has 50 heavy (non-hydrogen) atoms. The average molecular weight is 738 g/mol. The number of carbonyl (C=O) groups excluding carboxylic acids is 4. The zero-order valence-electron chi connectivity index (χ0n) is 29.8. The standard InChI is InChI=1S/C35H48ClN3O10S/c1-20-10-9-11-25(46-8)35(44)18-27(48-32(43)37-35)34(4)19-33(3,49-34)26(47-31(42)21(2)38(5)28(40)12-13-50)17-29(41)39(6)23-15-22(14-20)16-24(45-7)30(23)36/h9-11,15-16,21,25-27,44,50H,12-14,17-19H2,1-8H3,(H,37,43)/b11-9+,20-10+/t21-,25?,26-,27?,33?,34+,35?/m0/s1. The summed E-state index contributed by atoms with van der Waals surface area (Å²) in [5, 5.41) is 14.4. The SMILES string of the molecule is COc1cc2cc(c1Cl)N(C)C(=O)C[C@H](OC(=O)[C@H](C)N(C)C(=O)CCS)C1(C)C[C@@](C)(O1)C1CC(O)(NC(=O)O1)C(OC)/C=C/C=C(\C)C2. The number of halogens is 1. The van der Waals surface area contributed by atoms with Gasteiger partial charge in [0, 0.05) is 40.5 Å². The van der Waals surface area contributed by atoms with E-state index in [1.54, 1.807) is 45.2 Å². The van der Waals surface area contributed by atoms with E-state index < -0.39 is 59.3 Å². The van der Waals surface area contributed by atoms with Gasteiger partial charge in [-0.15, -0.1) is 0 Å². The van der Waals surface area contributed by atoms with Crippen molar-refractivity contribution in [3.05, 3.63) is 46.5 Å². The van der Waals surface area contributed by atoms with Crippen molar-refractivity contribution in [2.24, 2.45) is 0 Å². The first kappa shape index (κ1) is 39.5. The molecule has 5 rings (SSSR count). The van der Waals surface area contributed by atoms with Crippen LogP contribution in [-0.4, -0.2) is 109 Å². The van der Waals surface area contributed by atoms with Crippen LogP contribution in [0.25, 0.3) is 0 Å². The van der Waals surface area contributed by atoms with E-state index in [9.17, 15) is 24.3 Å². The number of amides is 3. The summed E-state index contributed by atoms with van der Waals surface area (Å²) < 4.78 is 29.3. The highest BCUT2D eigenvalue weighted by Gasteiger charge is 2.63. The Morgan fingerprint density at radius 1 is 1.24 bits per heavy atom. The first-order chi connectivity index (χ1) is 23.4. The second kappa shape index (κ2) is 15.5. The maximum absolute atomic E-state index is 14.0. The number of hydrogen-bond donors (Lipinski definition) is 3. The minimum Gasteiger partial charge on any atom is -0.495 e. The number of carbonyl (C=O) groups is 4. The third kappa shape index (κ3) is 8.25. The summed E-state index contributed by atoms with van der Waals surface area (Å²) in [7, 11) is 5.97. The first-order valence-electron chi connectivity index (χ1n) is 16.4. The molecular formula is C35H48ClN3O10S. The summed E-state index contributed by atoms with van der Waals surface area (Å²) in [5.41, 5.74) is -2.11. The number of anilines is 1. The van der Waals surface area contributed by atoms with Gasteiger partial charge < -0.3 is 38.6 Å². The molecule has 7 atom stereocenters. The number of rotatable bonds is 7. The lowest BCUT2D eigenvalue weighted by Gasteiger charge is -2.59. The highest BCUT2D eigenvalue weighted by Crippen LogP contribution is 2.50. The van der Waals surface area contributed by atoms with E-state index in [1.807, 2.05) is 13.0 Å². The van der Waals surface area contributed by atoms with Crippen molar-refractivity contribution in [2.45, 2.75) is 101 Å². The zero-order valence-corrected chi connectivity index (χ0v) is 31.4. The molecule has 6 bridgehead atoms. The molecule has 0 aromatic heterocycles. The van der Waals surface area contributed by atoms with Crippen molar-refractivity contribution in [1.29, 1.82) is 0 Å². The number of aliphatic hydroxyl groups is 1. The second-order valence-electron chi connectivity index (χ2n) is 13.7. The third-order valence-corrected chi connectivity index (χ3v) is 10.4. The molecule has 4 aliphatic rings. The minimum absolute atomic E-state index is 0.0950. The van der Waals surface area contributed by atoms with Gasteiger partial charge in [0.2, 0.25) is 11.8 Å². The van der Waals surface area contributed by atoms with Gasteiger partial charge in [0.15, 0.2) is 5.72 Å². The molecule has 4 aliphatic heterocycles. The summed E-state index contributed by atoms with van der Waals surface area (Å²) in [4.78, 5) is 55.6. The highest BCUT2D eigenvalue weighted by molar-refractivity contribution is 7.80. The fraction of sp³-hybridized carbons (Fsp3) is 0.600. The molecule has 13 nitrogen and oxygen atoms in total. The van der Waals surface area contributed by atoms with Gasteiger partial charge in [-0.3, -0.25) is 14.9 Å². The van der Waals surface area contributed by atoms with E-state index in [0.717, 1.165) is 11.1 Å². The van der Waals surface area contributed by atoms with Gasteiger partial charge in [0.05, 0.1) is 19.2 Å². The van der Waals surface area contributed by atoms with Gasteiger partial charge in [-0.2, -0.15) is 12.6 Å². The molecule has 2 fully saturated rings. The van der Waals surface area contributed by atoms with Crippen molar-refractivity contribution in [3.8, 4) is 5.75 Å². The molecule has 0 radical (unpaired) electrons. The molecule has 3 amide bonds. The first-order valence-corrected chi connectivity index (χ1v) is 17.4. The van der Waals surface area contributed by atoms with Gasteiger partial charge in [-0.25, -0.2) is 9.59 Å². The summed E-state index contributed by atoms with van der Waals surface area (Å²) in [6.45, 7) is 6.88. The molecule has 2 saturated heterocycles. The molecule has 0 saturated carbocycles. The lowest BCUT2D eigenvalue weighted by atomic mass is 9.72. The lowest BCUT2D eigenvalue weighted by Crippen LogP contribution is -2.72. The van der Waals surface area contributed by atoms with Crippen LogP contribution in [0.5, 0.6) is 5.75 Å². The van der Waals surface area contributed by atoms with Crippen LogP contribution >= 0.6 is 24.2 Å². The number of nitrogens with one attached hydrogen (secondary N) is 1. The summed E-state index contributed by atoms with van der Waals surface area (Å²) in [6, 6.07) is 2.60. The smallest absolute Gasteiger partial charge is 0.409 e. The van der Waals surface area contributed by atoms with Crippen molar-refractivity contribution in [2.75, 3.05) is 39.0 Å². The van der Waals surface area contributed by atoms with Crippen LogP contribution in [0.1, 0.15) is 58.9 Å². The monoisotopic (exact) mass is 737 g/mol. The molecule has 0 spiro atoms. The average Bonchev–Trinajstić information content (AvgIpc) is 3.04. The van der Waals surface area contributed by atoms with E-state index in [2.05, 4.69) is 17.9 Å². The summed E-state index contributed by atoms with van der Waals surface area (Å²) >= 11 is 10.8. The number of nitrogens with zero attached hydrogens (tertiary/aromatic N) is 2. The number of alkyl carbamates (subject to hydrolysis) is 1. The number of thiol groups is 1. The molecule has 4 unspecified atom stereocenters. The predicted octanol–water partition coefficient (Wildman–Crippen LogP) is 3.98. The van der Waals surface area contributed by atoms with Crippen LogP contribution in [0.4, 0.5) is 10.5 Å². The lowest BCUT2D eigenvalue weighted by molar-refractivity contribution is -0.328. The van der Waals surface area contributed by atoms with Crippen LogP contribution < -0.4 is 15.0 Å². The van der Waals surface area contributed by atoms with Crippen LogP contribution in [0.3, 0.4) is 0 Å². The fourth-order valence-electron chi connectivity index (χ4n) is 6.78. The molecule has 276 valence electrons. The summed E-state index contributed by atoms with van der Waals surface area (Å²) in [5.74, 6) is -0.793. The Kier molecular flexibility index (Phi) is 12.3. The Labute approximate surface area is 303 Å². The van der Waals surface area contributed by atoms with E-state index in [-0.39, 0.29) is 36.6 Å². The topological polar surface area (TPSA) is 153 Å². The van der Waals surface area contributed by atoms with Gasteiger partial charge in [0.1, 0.15) is 46.3 Å². The molecule has 2 N–H and O–H groups in total. The minimum atomic E-state index is -1.85. The van der Waals surface area contributed by atoms with Gasteiger partial charge in [0.25, 0.3) is 0 Å². The van der Waals surface area contributed by atoms with Crippen molar-refractivity contribution in [1.82, 2.24) is 10.2 Å². The Morgan fingerprint density at radius 2 is 1.92 bits per heavy atom. The predicted molar refractivity (Wildman–Crippen MR) is 189 cm³/mol. The highest BCUT2D eigenvalue weighted by atomic mass is 35.5. The number of methoxy groups -OCH3 is 2. The number of ether oxygens (including phenoxy) is 5. The number of allylic oxidation sites excluding steroid dienone is 3. The maximum atomic E-state index is 14.0. The Bertz CT molecular complexity index is 1550. The molecule has 1 aromatic carbocycles. The normalized spacial score (nSPS) is 32.3. The number of hydrogen-bond acceptors (Lipinski definition) is 11. The van der Waals surface area contributed by atoms with Crippen molar-refractivity contribution < 1.29 is 48.0 Å². The van der Waals surface area contributed by atoms with Crippen LogP contribution in [0, 0.1) is 0 Å². The fourth-order valence-corrected chi connectivity index (χ4v) is 7.29. The van der Waals surface area contributed by atoms with E-state index >= 15 is 0 Å². The maximum Gasteiger partial charge on any atom is 0.409 e. The van der Waals surface area contributed by atoms with Crippen LogP contribution in [0.15, 0.2) is 35.9 Å². The Morgan fingerprint density at radius 3 is 2.54 bits per heavy atom. The van der Waals surface area contributed by atoms with Crippen molar-refractivity contribution >= 4 is 53.8 Å². The third-order valence-electron chi connectivity index (χ3n) is 9.76. The molecule has 1 aromatic rings. The quantitative estimate of drug-likeness (QED) is 0.277. The number of likely N-dealkylation sites (N-methyl/N-ethyl adjacent to an activating group) is 1. The number of fused-ring (bicyclic) bond motifs is 6. The second-order valence-corrected chi connectivity index (χ2v) is 14.5. The van der Waals surface area contributed by atoms with Gasteiger partial charge in [-0.1, -0.05) is 35.4 Å². The largest absolute Gasteiger partial charge is 0.495 e. The summed E-state index contributed by atoms with van der Waals surface area (Å²) in [6.07, 6.45) is 1.68. The van der Waals surface area contributed by atoms with Gasteiger partial charge in [-0.05, 0) is 57.6 Å². The van der Waals surface area contributed by atoms with E-state index in [4.69, 9.17) is 35.3 Å². The van der Waals surface area contributed by atoms with Crippen LogP contribution in [-0.2, 0) is 39.8 Å². The Hall–Kier alpha value is -3.30. The Balaban J connectivity index is 1.78.